The van der Waals surface area contributed by atoms with Gasteiger partial charge in [-0.25, -0.2) is 5.43 Å². The molecule has 1 unspecified atom stereocenters. The minimum absolute atomic E-state index is 0.196. The highest BCUT2D eigenvalue weighted by Crippen LogP contribution is 2.30. The number of allylic oxidation sites excluding steroid dienone is 1. The molecule has 16 heavy (non-hydrogen) atoms. The number of hydrazine groups is 1. The van der Waals surface area contributed by atoms with Gasteiger partial charge in [0.2, 0.25) is 0 Å². The molecule has 1 aliphatic carbocycles. The monoisotopic (exact) mass is 216 g/mol. The van der Waals surface area contributed by atoms with Crippen molar-refractivity contribution in [2.75, 3.05) is 0 Å². The first-order valence-corrected chi connectivity index (χ1v) is 6.03. The van der Waals surface area contributed by atoms with Crippen molar-refractivity contribution in [3.8, 4) is 0 Å². The first kappa shape index (κ1) is 11.4. The summed E-state index contributed by atoms with van der Waals surface area (Å²) in [5, 5.41) is 0. The predicted octanol–water partition coefficient (Wildman–Crippen LogP) is 3.00. The Morgan fingerprint density at radius 2 is 2.06 bits per heavy atom. The van der Waals surface area contributed by atoms with E-state index in [1.165, 1.54) is 42.4 Å². The summed E-state index contributed by atoms with van der Waals surface area (Å²) in [5.74, 6) is 5.71. The molecule has 0 bridgehead atoms. The van der Waals surface area contributed by atoms with Crippen molar-refractivity contribution in [3.05, 3.63) is 47.0 Å². The fraction of sp³-hybridized carbons (Fsp3) is 0.429. The van der Waals surface area contributed by atoms with Crippen molar-refractivity contribution in [1.29, 1.82) is 0 Å². The minimum Gasteiger partial charge on any atom is -0.271 e. The smallest absolute Gasteiger partial charge is 0.0672 e. The van der Waals surface area contributed by atoms with Gasteiger partial charge in [-0.15, -0.1) is 0 Å². The lowest BCUT2D eigenvalue weighted by Gasteiger charge is -2.24. The number of aryl methyl sites for hydroxylation is 1. The maximum atomic E-state index is 5.71. The zero-order chi connectivity index (χ0) is 11.4. The molecule has 0 spiro atoms. The van der Waals surface area contributed by atoms with Gasteiger partial charge in [0.15, 0.2) is 0 Å². The van der Waals surface area contributed by atoms with E-state index in [2.05, 4.69) is 42.7 Å². The van der Waals surface area contributed by atoms with Crippen molar-refractivity contribution < 1.29 is 0 Å². The molecule has 86 valence electrons. The van der Waals surface area contributed by atoms with Crippen molar-refractivity contribution in [2.45, 2.75) is 38.6 Å². The minimum atomic E-state index is 0.196. The van der Waals surface area contributed by atoms with Crippen molar-refractivity contribution >= 4 is 0 Å². The van der Waals surface area contributed by atoms with Gasteiger partial charge >= 0.3 is 0 Å². The van der Waals surface area contributed by atoms with Gasteiger partial charge in [-0.2, -0.15) is 0 Å². The van der Waals surface area contributed by atoms with E-state index in [4.69, 9.17) is 5.84 Å². The lowest BCUT2D eigenvalue weighted by molar-refractivity contribution is 0.564. The van der Waals surface area contributed by atoms with E-state index >= 15 is 0 Å². The molecule has 1 aromatic rings. The topological polar surface area (TPSA) is 38.0 Å². The number of nitrogens with two attached hydrogens (primary N) is 1. The van der Waals surface area contributed by atoms with Crippen molar-refractivity contribution in [2.24, 2.45) is 5.84 Å². The molecule has 0 amide bonds. The van der Waals surface area contributed by atoms with Gasteiger partial charge < -0.3 is 0 Å². The molecule has 0 saturated carbocycles. The van der Waals surface area contributed by atoms with Crippen molar-refractivity contribution in [1.82, 2.24) is 5.43 Å². The van der Waals surface area contributed by atoms with E-state index in [0.717, 1.165) is 0 Å². The largest absolute Gasteiger partial charge is 0.271 e. The van der Waals surface area contributed by atoms with Crippen LogP contribution in [0, 0.1) is 6.92 Å². The zero-order valence-electron chi connectivity index (χ0n) is 9.87. The molecule has 0 aromatic heterocycles. The summed E-state index contributed by atoms with van der Waals surface area (Å²) in [5.41, 5.74) is 7.01. The Morgan fingerprint density at radius 3 is 2.69 bits per heavy atom. The molecule has 0 aliphatic heterocycles. The van der Waals surface area contributed by atoms with Gasteiger partial charge in [-0.05, 0) is 43.7 Å². The molecule has 1 atom stereocenters. The van der Waals surface area contributed by atoms with Gasteiger partial charge in [-0.1, -0.05) is 35.9 Å². The van der Waals surface area contributed by atoms with Crippen LogP contribution < -0.4 is 11.3 Å². The summed E-state index contributed by atoms with van der Waals surface area (Å²) >= 11 is 0. The van der Waals surface area contributed by atoms with E-state index < -0.39 is 0 Å². The number of nitrogens with one attached hydrogen (secondary N) is 1. The molecule has 2 heteroatoms. The Hall–Kier alpha value is -1.12. The molecule has 3 N–H and O–H groups in total. The maximum absolute atomic E-state index is 5.71. The Labute approximate surface area is 97.5 Å². The molecule has 0 heterocycles. The van der Waals surface area contributed by atoms with Crippen LogP contribution in [-0.4, -0.2) is 0 Å². The van der Waals surface area contributed by atoms with Crippen LogP contribution in [0.3, 0.4) is 0 Å². The van der Waals surface area contributed by atoms with Gasteiger partial charge in [0.05, 0.1) is 6.04 Å². The zero-order valence-corrected chi connectivity index (χ0v) is 9.87. The summed E-state index contributed by atoms with van der Waals surface area (Å²) in [4.78, 5) is 0. The van der Waals surface area contributed by atoms with Gasteiger partial charge in [0, 0.05) is 0 Å². The lowest BCUT2D eigenvalue weighted by atomic mass is 9.88. The van der Waals surface area contributed by atoms with E-state index in [1.54, 1.807) is 0 Å². The first-order valence-electron chi connectivity index (χ1n) is 6.03. The fourth-order valence-corrected chi connectivity index (χ4v) is 2.43. The number of benzene rings is 1. The third-order valence-corrected chi connectivity index (χ3v) is 3.36. The van der Waals surface area contributed by atoms with E-state index in [9.17, 15) is 0 Å². The van der Waals surface area contributed by atoms with Gasteiger partial charge in [0.25, 0.3) is 0 Å². The summed E-state index contributed by atoms with van der Waals surface area (Å²) < 4.78 is 0. The normalized spacial score (nSPS) is 18.0. The number of hydrogen-bond acceptors (Lipinski definition) is 2. The van der Waals surface area contributed by atoms with E-state index in [1.807, 2.05) is 0 Å². The second-order valence-electron chi connectivity index (χ2n) is 4.48. The van der Waals surface area contributed by atoms with Crippen molar-refractivity contribution in [3.63, 3.8) is 0 Å². The quantitative estimate of drug-likeness (QED) is 0.463. The predicted molar refractivity (Wildman–Crippen MR) is 67.8 cm³/mol. The van der Waals surface area contributed by atoms with Gasteiger partial charge in [-0.3, -0.25) is 5.84 Å². The molecule has 0 fully saturated rings. The summed E-state index contributed by atoms with van der Waals surface area (Å²) in [6.45, 7) is 2.14. The van der Waals surface area contributed by atoms with Crippen LogP contribution in [0.25, 0.3) is 0 Å². The van der Waals surface area contributed by atoms with Crippen LogP contribution >= 0.6 is 0 Å². The molecule has 1 aromatic carbocycles. The van der Waals surface area contributed by atoms with Crippen LogP contribution in [-0.2, 0) is 0 Å². The van der Waals surface area contributed by atoms with Crippen LogP contribution in [0.5, 0.6) is 0 Å². The second-order valence-corrected chi connectivity index (χ2v) is 4.48. The molecular formula is C14H20N2. The standard InChI is InChI=1S/C14H20N2/c1-11-7-5-6-10-13(11)14(16-15)12-8-3-2-4-9-12/h5-8,10,14,16H,2-4,9,15H2,1H3. The third kappa shape index (κ3) is 2.34. The summed E-state index contributed by atoms with van der Waals surface area (Å²) in [7, 11) is 0. The second kappa shape index (κ2) is 5.28. The Kier molecular flexibility index (Phi) is 3.75. The number of hydrogen-bond donors (Lipinski definition) is 2. The highest BCUT2D eigenvalue weighted by atomic mass is 15.2. The summed E-state index contributed by atoms with van der Waals surface area (Å²) in [6, 6.07) is 8.65. The average molecular weight is 216 g/mol. The Balaban J connectivity index is 2.28. The highest BCUT2D eigenvalue weighted by molar-refractivity contribution is 5.34. The molecule has 2 nitrogen and oxygen atoms in total. The lowest BCUT2D eigenvalue weighted by Crippen LogP contribution is -2.30. The van der Waals surface area contributed by atoms with Crippen LogP contribution in [0.1, 0.15) is 42.9 Å². The fourth-order valence-electron chi connectivity index (χ4n) is 2.43. The molecular weight excluding hydrogens is 196 g/mol. The highest BCUT2D eigenvalue weighted by Gasteiger charge is 2.17. The molecule has 2 rings (SSSR count). The SMILES string of the molecule is Cc1ccccc1C(NN)C1=CCCCC1. The Bertz CT molecular complexity index is 382. The molecule has 0 radical (unpaired) electrons. The Morgan fingerprint density at radius 1 is 1.25 bits per heavy atom. The summed E-state index contributed by atoms with van der Waals surface area (Å²) in [6.07, 6.45) is 7.31. The van der Waals surface area contributed by atoms with Crippen LogP contribution in [0.2, 0.25) is 0 Å². The maximum Gasteiger partial charge on any atom is 0.0672 e. The average Bonchev–Trinajstić information content (AvgIpc) is 2.34. The molecule has 1 aliphatic rings. The van der Waals surface area contributed by atoms with E-state index in [-0.39, 0.29) is 6.04 Å². The molecule has 0 saturated heterocycles. The first-order chi connectivity index (χ1) is 7.83. The van der Waals surface area contributed by atoms with Crippen LogP contribution in [0.15, 0.2) is 35.9 Å². The van der Waals surface area contributed by atoms with Crippen LogP contribution in [0.4, 0.5) is 0 Å². The van der Waals surface area contributed by atoms with E-state index in [0.29, 0.717) is 0 Å². The third-order valence-electron chi connectivity index (χ3n) is 3.36. The van der Waals surface area contributed by atoms with Gasteiger partial charge in [0.1, 0.15) is 0 Å². The number of rotatable bonds is 3.